The van der Waals surface area contributed by atoms with Crippen LogP contribution in [-0.2, 0) is 20.9 Å². The molecule has 0 radical (unpaired) electrons. The normalized spacial score (nSPS) is 17.6. The number of hydrogen-bond acceptors (Lipinski definition) is 6. The molecule has 2 fully saturated rings. The van der Waals surface area contributed by atoms with Gasteiger partial charge in [0.05, 0.1) is 21.4 Å². The van der Waals surface area contributed by atoms with Crippen LogP contribution in [0, 0.1) is 6.92 Å². The lowest BCUT2D eigenvalue weighted by Crippen LogP contribution is -2.35. The number of halogens is 2. The van der Waals surface area contributed by atoms with Gasteiger partial charge >= 0.3 is 0 Å². The average Bonchev–Trinajstić information content (AvgIpc) is 3.89. The summed E-state index contributed by atoms with van der Waals surface area (Å²) in [6, 6.07) is 14.7. The van der Waals surface area contributed by atoms with E-state index in [0.29, 0.717) is 88.0 Å². The van der Waals surface area contributed by atoms with E-state index in [1.807, 2.05) is 49.4 Å². The summed E-state index contributed by atoms with van der Waals surface area (Å²) in [6.45, 7) is 2.66. The Balaban J connectivity index is 1.15. The van der Waals surface area contributed by atoms with E-state index in [-0.39, 0.29) is 29.5 Å². The minimum absolute atomic E-state index is 0.000651. The molecule has 2 aliphatic heterocycles. The lowest BCUT2D eigenvalue weighted by molar-refractivity contribution is -0.120. The maximum Gasteiger partial charge on any atom is 0.276 e. The Hall–Kier alpha value is -5.20. The highest BCUT2D eigenvalue weighted by atomic mass is 35.5. The molecular weight excluding hydrogens is 667 g/mol. The first-order chi connectivity index (χ1) is 23.7. The van der Waals surface area contributed by atoms with Crippen LogP contribution >= 0.6 is 23.2 Å². The van der Waals surface area contributed by atoms with Gasteiger partial charge in [-0.2, -0.15) is 10.2 Å². The maximum atomic E-state index is 13.3. The van der Waals surface area contributed by atoms with Gasteiger partial charge in [0, 0.05) is 90.8 Å². The number of carbonyl (C=O) groups excluding carboxylic acids is 3. The molecule has 2 aromatic carbocycles. The van der Waals surface area contributed by atoms with Crippen molar-refractivity contribution in [2.75, 3.05) is 6.54 Å². The number of amides is 3. The molecule has 12 nitrogen and oxygen atoms in total. The minimum atomic E-state index is -0.212. The summed E-state index contributed by atoms with van der Waals surface area (Å²) in [5.74, 6) is -0.00610. The number of aromatic nitrogens is 5. The van der Waals surface area contributed by atoms with Gasteiger partial charge in [0.15, 0.2) is 0 Å². The van der Waals surface area contributed by atoms with Crippen LogP contribution in [0.25, 0.3) is 45.4 Å². The molecule has 5 heterocycles. The third kappa shape index (κ3) is 6.49. The number of hydrogen-bond donors (Lipinski definition) is 2. The molecule has 0 spiro atoms. The Morgan fingerprint density at radius 3 is 2.08 bits per heavy atom. The fraction of sp³-hybridized carbons (Fsp3) is 0.257. The molecule has 2 saturated heterocycles. The van der Waals surface area contributed by atoms with Crippen LogP contribution in [0.3, 0.4) is 0 Å². The minimum Gasteiger partial charge on any atom is -0.352 e. The van der Waals surface area contributed by atoms with Crippen LogP contribution in [0.2, 0.25) is 10.0 Å². The van der Waals surface area contributed by atoms with E-state index < -0.39 is 0 Å². The molecule has 0 aliphatic carbocycles. The van der Waals surface area contributed by atoms with E-state index in [9.17, 15) is 19.2 Å². The Labute approximate surface area is 290 Å². The second kappa shape index (κ2) is 13.4. The van der Waals surface area contributed by atoms with E-state index in [2.05, 4.69) is 15.7 Å². The molecule has 5 aromatic rings. The number of rotatable bonds is 10. The van der Waals surface area contributed by atoms with Crippen molar-refractivity contribution in [2.45, 2.75) is 51.2 Å². The number of nitrogens with one attached hydrogen (secondary N) is 2. The van der Waals surface area contributed by atoms with Gasteiger partial charge in [-0.25, -0.2) is 9.20 Å². The molecule has 0 saturated carbocycles. The number of fused-ring (bicyclic) bond motifs is 1. The molecular formula is C35H32Cl2N8O4. The van der Waals surface area contributed by atoms with Crippen molar-refractivity contribution in [3.63, 3.8) is 0 Å². The predicted octanol–water partition coefficient (Wildman–Crippen LogP) is 4.75. The third-order valence-corrected chi connectivity index (χ3v) is 9.73. The Bertz CT molecular complexity index is 2200. The molecule has 250 valence electrons. The number of benzene rings is 2. The van der Waals surface area contributed by atoms with E-state index in [1.54, 1.807) is 40.1 Å². The van der Waals surface area contributed by atoms with Crippen molar-refractivity contribution >= 4 is 53.1 Å². The van der Waals surface area contributed by atoms with Crippen LogP contribution in [0.4, 0.5) is 0 Å². The zero-order valence-electron chi connectivity index (χ0n) is 26.5. The van der Waals surface area contributed by atoms with Crippen LogP contribution in [-0.4, -0.2) is 65.7 Å². The second-order valence-electron chi connectivity index (χ2n) is 12.3. The summed E-state index contributed by atoms with van der Waals surface area (Å²) < 4.78 is 4.79. The van der Waals surface area contributed by atoms with Crippen LogP contribution < -0.4 is 16.2 Å². The van der Waals surface area contributed by atoms with Crippen molar-refractivity contribution in [1.82, 2.24) is 39.5 Å². The van der Waals surface area contributed by atoms with Crippen LogP contribution in [0.5, 0.6) is 0 Å². The molecule has 2 aliphatic rings. The number of aryl methyl sites for hydroxylation is 1. The van der Waals surface area contributed by atoms with E-state index in [4.69, 9.17) is 28.3 Å². The smallest absolute Gasteiger partial charge is 0.276 e. The van der Waals surface area contributed by atoms with Crippen LogP contribution in [0.15, 0.2) is 71.9 Å². The molecule has 49 heavy (non-hydrogen) atoms. The van der Waals surface area contributed by atoms with Gasteiger partial charge < -0.3 is 20.1 Å². The van der Waals surface area contributed by atoms with Gasteiger partial charge in [-0.15, -0.1) is 0 Å². The monoisotopic (exact) mass is 698 g/mol. The highest BCUT2D eigenvalue weighted by Crippen LogP contribution is 2.42. The van der Waals surface area contributed by atoms with Gasteiger partial charge in [-0.05, 0) is 31.9 Å². The highest BCUT2D eigenvalue weighted by molar-refractivity contribution is 6.39. The lowest BCUT2D eigenvalue weighted by atomic mass is 9.98. The summed E-state index contributed by atoms with van der Waals surface area (Å²) >= 11 is 14.1. The second-order valence-corrected chi connectivity index (χ2v) is 13.0. The molecule has 14 heteroatoms. The largest absolute Gasteiger partial charge is 0.352 e. The molecule has 2 N–H and O–H groups in total. The molecule has 2 atom stereocenters. The predicted molar refractivity (Wildman–Crippen MR) is 187 cm³/mol. The highest BCUT2D eigenvalue weighted by Gasteiger charge is 2.24. The zero-order valence-corrected chi connectivity index (χ0v) is 28.0. The van der Waals surface area contributed by atoms with Crippen LogP contribution in [0.1, 0.15) is 31.4 Å². The molecule has 3 amide bonds. The van der Waals surface area contributed by atoms with Crippen molar-refractivity contribution in [3.8, 4) is 33.6 Å². The first kappa shape index (κ1) is 32.4. The fourth-order valence-corrected chi connectivity index (χ4v) is 7.01. The van der Waals surface area contributed by atoms with Gasteiger partial charge in [0.1, 0.15) is 5.52 Å². The number of carbonyl (C=O) groups is 3. The fourth-order valence-electron chi connectivity index (χ4n) is 6.36. The zero-order chi connectivity index (χ0) is 34.2. The Morgan fingerprint density at radius 2 is 1.47 bits per heavy atom. The average molecular weight is 700 g/mol. The standard InChI is InChI=1S/C35H32Cl2N8O4/c1-21-16-28(40-44(21)14-12-42(20-46)18-22-8-10-31(47)38-22)26-6-2-4-24(33(26)36)25-5-3-7-27(34(25)37)29-17-30-35(49)43(13-15-45(30)41-29)19-23-9-11-32(48)39-23/h2-7,12-17,20,22-23H,8-11,18-19H2,1H3,(H,38,47)(H,39,48)/b14-12-. The van der Waals surface area contributed by atoms with Gasteiger partial charge in [-0.3, -0.25) is 19.2 Å². The van der Waals surface area contributed by atoms with Crippen molar-refractivity contribution in [1.29, 1.82) is 0 Å². The summed E-state index contributed by atoms with van der Waals surface area (Å²) in [4.78, 5) is 49.7. The maximum absolute atomic E-state index is 13.3. The van der Waals surface area contributed by atoms with Crippen molar-refractivity contribution < 1.29 is 14.4 Å². The topological polar surface area (TPSA) is 136 Å². The van der Waals surface area contributed by atoms with Crippen molar-refractivity contribution in [3.05, 3.63) is 93.2 Å². The first-order valence-electron chi connectivity index (χ1n) is 15.9. The number of nitrogens with zero attached hydrogens (tertiary/aromatic N) is 6. The first-order valence-corrected chi connectivity index (χ1v) is 16.7. The summed E-state index contributed by atoms with van der Waals surface area (Å²) in [7, 11) is 0. The van der Waals surface area contributed by atoms with E-state index in [1.165, 1.54) is 9.42 Å². The summed E-state index contributed by atoms with van der Waals surface area (Å²) in [6.07, 6.45) is 9.75. The summed E-state index contributed by atoms with van der Waals surface area (Å²) in [5.41, 5.74) is 4.90. The van der Waals surface area contributed by atoms with E-state index in [0.717, 1.165) is 12.1 Å². The molecule has 0 bridgehead atoms. The van der Waals surface area contributed by atoms with Gasteiger partial charge in [0.2, 0.25) is 18.2 Å². The molecule has 7 rings (SSSR count). The molecule has 2 unspecified atom stereocenters. The summed E-state index contributed by atoms with van der Waals surface area (Å²) in [5, 5.41) is 16.0. The molecule has 3 aromatic heterocycles. The Kier molecular flexibility index (Phi) is 8.82. The SMILES string of the molecule is Cc1cc(-c2cccc(-c3cccc(-c4cc5c(=O)n(CC6CCC(=O)N6)ccn5n4)c3Cl)c2Cl)nn1/C=C\N(C=O)CC1CCC(=O)N1. The third-order valence-electron chi connectivity index (χ3n) is 8.92. The Morgan fingerprint density at radius 1 is 0.857 bits per heavy atom. The van der Waals surface area contributed by atoms with E-state index >= 15 is 0 Å². The van der Waals surface area contributed by atoms with Gasteiger partial charge in [0.25, 0.3) is 5.56 Å². The van der Waals surface area contributed by atoms with Crippen molar-refractivity contribution in [2.24, 2.45) is 0 Å². The lowest BCUT2D eigenvalue weighted by Gasteiger charge is -2.17. The van der Waals surface area contributed by atoms with Gasteiger partial charge in [-0.1, -0.05) is 59.6 Å². The quantitative estimate of drug-likeness (QED) is 0.202.